The highest BCUT2D eigenvalue weighted by Crippen LogP contribution is 2.19. The summed E-state index contributed by atoms with van der Waals surface area (Å²) >= 11 is 0. The van der Waals surface area contributed by atoms with Gasteiger partial charge in [-0.3, -0.25) is 0 Å². The maximum atomic E-state index is 9.50. The van der Waals surface area contributed by atoms with Crippen LogP contribution in [0.2, 0.25) is 0 Å². The van der Waals surface area contributed by atoms with Crippen molar-refractivity contribution in [3.8, 4) is 11.5 Å². The van der Waals surface area contributed by atoms with E-state index in [-0.39, 0.29) is 0 Å². The van der Waals surface area contributed by atoms with Crippen molar-refractivity contribution in [3.05, 3.63) is 36.2 Å². The first-order valence-corrected chi connectivity index (χ1v) is 4.88. The standard InChI is InChI=1S/C11H12N2O2/c1-2-9(14)10-12-11(15-13-10)8-6-4-3-5-7-8/h3-7,9,14H,2H2,1H3. The van der Waals surface area contributed by atoms with Gasteiger partial charge in [0.05, 0.1) is 0 Å². The van der Waals surface area contributed by atoms with Crippen LogP contribution in [0.3, 0.4) is 0 Å². The molecule has 0 amide bonds. The minimum Gasteiger partial charge on any atom is -0.385 e. The van der Waals surface area contributed by atoms with Crippen LogP contribution in [0.1, 0.15) is 25.3 Å². The van der Waals surface area contributed by atoms with Crippen molar-refractivity contribution < 1.29 is 9.63 Å². The Bertz CT molecular complexity index is 425. The largest absolute Gasteiger partial charge is 0.385 e. The SMILES string of the molecule is CCC(O)c1noc(-c2ccccc2)n1. The number of hydrogen-bond acceptors (Lipinski definition) is 4. The first-order valence-electron chi connectivity index (χ1n) is 4.88. The van der Waals surface area contributed by atoms with Gasteiger partial charge in [0.2, 0.25) is 5.82 Å². The number of aromatic nitrogens is 2. The van der Waals surface area contributed by atoms with Crippen molar-refractivity contribution in [2.24, 2.45) is 0 Å². The maximum Gasteiger partial charge on any atom is 0.258 e. The Morgan fingerprint density at radius 1 is 1.33 bits per heavy atom. The van der Waals surface area contributed by atoms with Gasteiger partial charge in [0.15, 0.2) is 0 Å². The van der Waals surface area contributed by atoms with Gasteiger partial charge < -0.3 is 9.63 Å². The molecule has 2 rings (SSSR count). The van der Waals surface area contributed by atoms with Crippen molar-refractivity contribution >= 4 is 0 Å². The van der Waals surface area contributed by atoms with E-state index in [9.17, 15) is 5.11 Å². The Hall–Kier alpha value is -1.68. The molecule has 78 valence electrons. The molecule has 15 heavy (non-hydrogen) atoms. The summed E-state index contributed by atoms with van der Waals surface area (Å²) in [6.07, 6.45) is -0.0699. The Morgan fingerprint density at radius 2 is 2.07 bits per heavy atom. The third-order valence-corrected chi connectivity index (χ3v) is 2.15. The predicted octanol–water partition coefficient (Wildman–Crippen LogP) is 2.18. The fourth-order valence-electron chi connectivity index (χ4n) is 1.25. The summed E-state index contributed by atoms with van der Waals surface area (Å²) < 4.78 is 5.05. The van der Waals surface area contributed by atoms with Crippen molar-refractivity contribution in [2.75, 3.05) is 0 Å². The fourth-order valence-corrected chi connectivity index (χ4v) is 1.25. The van der Waals surface area contributed by atoms with E-state index in [0.29, 0.717) is 18.1 Å². The molecule has 1 atom stereocenters. The third-order valence-electron chi connectivity index (χ3n) is 2.15. The van der Waals surface area contributed by atoms with Crippen LogP contribution < -0.4 is 0 Å². The van der Waals surface area contributed by atoms with E-state index in [1.54, 1.807) is 0 Å². The molecule has 1 aromatic heterocycles. The first kappa shape index (κ1) is 9.86. The molecular weight excluding hydrogens is 192 g/mol. The summed E-state index contributed by atoms with van der Waals surface area (Å²) in [4.78, 5) is 4.12. The normalized spacial score (nSPS) is 12.7. The van der Waals surface area contributed by atoms with Gasteiger partial charge in [-0.15, -0.1) is 0 Å². The van der Waals surface area contributed by atoms with Crippen molar-refractivity contribution in [1.29, 1.82) is 0 Å². The van der Waals surface area contributed by atoms with Crippen LogP contribution in [-0.2, 0) is 0 Å². The molecule has 0 aliphatic carbocycles. The summed E-state index contributed by atoms with van der Waals surface area (Å²) in [5, 5.41) is 13.2. The van der Waals surface area contributed by atoms with Gasteiger partial charge >= 0.3 is 0 Å². The van der Waals surface area contributed by atoms with Crippen LogP contribution >= 0.6 is 0 Å². The minimum atomic E-state index is -0.647. The summed E-state index contributed by atoms with van der Waals surface area (Å²) in [5.74, 6) is 0.787. The number of benzene rings is 1. The summed E-state index contributed by atoms with van der Waals surface area (Å²) in [5.41, 5.74) is 0.861. The second-order valence-electron chi connectivity index (χ2n) is 3.25. The molecule has 0 saturated heterocycles. The van der Waals surface area contributed by atoms with Crippen molar-refractivity contribution in [1.82, 2.24) is 10.1 Å². The smallest absolute Gasteiger partial charge is 0.258 e. The van der Waals surface area contributed by atoms with Crippen LogP contribution in [-0.4, -0.2) is 15.2 Å². The number of aliphatic hydroxyl groups excluding tert-OH is 1. The molecule has 1 N–H and O–H groups in total. The summed E-state index contributed by atoms with van der Waals surface area (Å²) in [7, 11) is 0. The molecule has 1 unspecified atom stereocenters. The fraction of sp³-hybridized carbons (Fsp3) is 0.273. The quantitative estimate of drug-likeness (QED) is 0.832. The van der Waals surface area contributed by atoms with Gasteiger partial charge in [-0.25, -0.2) is 0 Å². The highest BCUT2D eigenvalue weighted by molar-refractivity contribution is 5.51. The molecule has 0 bridgehead atoms. The molecule has 4 heteroatoms. The van der Waals surface area contributed by atoms with Crippen molar-refractivity contribution in [3.63, 3.8) is 0 Å². The number of rotatable bonds is 3. The Kier molecular flexibility index (Phi) is 2.78. The van der Waals surface area contributed by atoms with Crippen LogP contribution in [0.5, 0.6) is 0 Å². The Balaban J connectivity index is 2.28. The second-order valence-corrected chi connectivity index (χ2v) is 3.25. The molecule has 0 spiro atoms. The molecule has 0 saturated carbocycles. The van der Waals surface area contributed by atoms with E-state index in [0.717, 1.165) is 5.56 Å². The number of nitrogens with zero attached hydrogens (tertiary/aromatic N) is 2. The summed E-state index contributed by atoms with van der Waals surface area (Å²) in [6, 6.07) is 9.48. The van der Waals surface area contributed by atoms with Crippen LogP contribution in [0.4, 0.5) is 0 Å². The van der Waals surface area contributed by atoms with Crippen LogP contribution in [0, 0.1) is 0 Å². The van der Waals surface area contributed by atoms with Gasteiger partial charge in [0.1, 0.15) is 6.10 Å². The molecule has 4 nitrogen and oxygen atoms in total. The van der Waals surface area contributed by atoms with E-state index in [4.69, 9.17) is 4.52 Å². The van der Waals surface area contributed by atoms with Crippen molar-refractivity contribution in [2.45, 2.75) is 19.4 Å². The van der Waals surface area contributed by atoms with Gasteiger partial charge in [-0.2, -0.15) is 4.98 Å². The molecule has 0 aliphatic heterocycles. The number of aliphatic hydroxyl groups is 1. The zero-order chi connectivity index (χ0) is 10.7. The van der Waals surface area contributed by atoms with Crippen LogP contribution in [0.25, 0.3) is 11.5 Å². The lowest BCUT2D eigenvalue weighted by atomic mass is 10.2. The molecular formula is C11H12N2O2. The van der Waals surface area contributed by atoms with E-state index in [1.165, 1.54) is 0 Å². The highest BCUT2D eigenvalue weighted by atomic mass is 16.5. The zero-order valence-electron chi connectivity index (χ0n) is 8.42. The molecule has 1 aromatic carbocycles. The van der Waals surface area contributed by atoms with E-state index in [1.807, 2.05) is 37.3 Å². The van der Waals surface area contributed by atoms with E-state index in [2.05, 4.69) is 10.1 Å². The average Bonchev–Trinajstić information content (AvgIpc) is 2.78. The Morgan fingerprint density at radius 3 is 2.73 bits per heavy atom. The molecule has 1 heterocycles. The monoisotopic (exact) mass is 204 g/mol. The molecule has 2 aromatic rings. The average molecular weight is 204 g/mol. The lowest BCUT2D eigenvalue weighted by Crippen LogP contribution is -1.97. The number of hydrogen-bond donors (Lipinski definition) is 1. The zero-order valence-corrected chi connectivity index (χ0v) is 8.42. The minimum absolute atomic E-state index is 0.344. The second kappa shape index (κ2) is 4.23. The molecule has 0 fully saturated rings. The van der Waals surface area contributed by atoms with E-state index >= 15 is 0 Å². The third kappa shape index (κ3) is 2.05. The predicted molar refractivity (Wildman–Crippen MR) is 55.0 cm³/mol. The lowest BCUT2D eigenvalue weighted by molar-refractivity contribution is 0.159. The topological polar surface area (TPSA) is 59.2 Å². The molecule has 0 radical (unpaired) electrons. The maximum absolute atomic E-state index is 9.50. The van der Waals surface area contributed by atoms with Gasteiger partial charge in [-0.05, 0) is 18.6 Å². The lowest BCUT2D eigenvalue weighted by Gasteiger charge is -1.98. The van der Waals surface area contributed by atoms with Gasteiger partial charge in [0, 0.05) is 5.56 Å². The van der Waals surface area contributed by atoms with Crippen LogP contribution in [0.15, 0.2) is 34.9 Å². The van der Waals surface area contributed by atoms with Gasteiger partial charge in [0.25, 0.3) is 5.89 Å². The Labute approximate surface area is 87.6 Å². The van der Waals surface area contributed by atoms with E-state index < -0.39 is 6.10 Å². The molecule has 0 aliphatic rings. The summed E-state index contributed by atoms with van der Waals surface area (Å²) in [6.45, 7) is 1.86. The first-order chi connectivity index (χ1) is 7.31. The highest BCUT2D eigenvalue weighted by Gasteiger charge is 2.14. The van der Waals surface area contributed by atoms with Gasteiger partial charge in [-0.1, -0.05) is 30.3 Å².